The van der Waals surface area contributed by atoms with E-state index in [0.29, 0.717) is 13.1 Å². The number of likely N-dealkylation sites (tertiary alicyclic amines) is 1. The predicted octanol–water partition coefficient (Wildman–Crippen LogP) is 1.65. The van der Waals surface area contributed by atoms with Crippen molar-refractivity contribution in [1.29, 1.82) is 0 Å². The first-order chi connectivity index (χ1) is 5.72. The van der Waals surface area contributed by atoms with E-state index in [1.54, 1.807) is 0 Å². The SMILES string of the molecule is O=C(C(F)F)N1CCCCCC1. The number of hydrogen-bond acceptors (Lipinski definition) is 1. The minimum absolute atomic E-state index is 0.503. The number of carbonyl (C=O) groups excluding carboxylic acids is 1. The van der Waals surface area contributed by atoms with Crippen LogP contribution in [0.15, 0.2) is 0 Å². The van der Waals surface area contributed by atoms with Gasteiger partial charge in [0.2, 0.25) is 0 Å². The van der Waals surface area contributed by atoms with Gasteiger partial charge in [-0.2, -0.15) is 8.78 Å². The zero-order valence-corrected chi connectivity index (χ0v) is 6.93. The lowest BCUT2D eigenvalue weighted by atomic mass is 10.2. The van der Waals surface area contributed by atoms with Crippen LogP contribution in [0.1, 0.15) is 25.7 Å². The molecule has 2 nitrogen and oxygen atoms in total. The van der Waals surface area contributed by atoms with Gasteiger partial charge in [-0.1, -0.05) is 12.8 Å². The summed E-state index contributed by atoms with van der Waals surface area (Å²) in [6.07, 6.45) is 0.986. The van der Waals surface area contributed by atoms with Crippen LogP contribution in [0.4, 0.5) is 8.78 Å². The van der Waals surface area contributed by atoms with Crippen molar-refractivity contribution in [2.75, 3.05) is 13.1 Å². The number of carbonyl (C=O) groups is 1. The van der Waals surface area contributed by atoms with Crippen molar-refractivity contribution in [1.82, 2.24) is 4.90 Å². The lowest BCUT2D eigenvalue weighted by molar-refractivity contribution is -0.142. The quantitative estimate of drug-likeness (QED) is 0.596. The predicted molar refractivity (Wildman–Crippen MR) is 41.1 cm³/mol. The molecule has 0 aromatic heterocycles. The van der Waals surface area contributed by atoms with Gasteiger partial charge in [0.05, 0.1) is 0 Å². The largest absolute Gasteiger partial charge is 0.338 e. The van der Waals surface area contributed by atoms with Crippen LogP contribution in [0.5, 0.6) is 0 Å². The molecule has 0 atom stereocenters. The van der Waals surface area contributed by atoms with Crippen molar-refractivity contribution in [2.24, 2.45) is 0 Å². The van der Waals surface area contributed by atoms with Gasteiger partial charge in [0, 0.05) is 13.1 Å². The summed E-state index contributed by atoms with van der Waals surface area (Å²) in [6.45, 7) is 1.01. The molecule has 1 aliphatic heterocycles. The Kier molecular flexibility index (Phi) is 3.44. The molecule has 1 aliphatic rings. The maximum Gasteiger partial charge on any atom is 0.315 e. The van der Waals surface area contributed by atoms with E-state index in [0.717, 1.165) is 25.7 Å². The highest BCUT2D eigenvalue weighted by molar-refractivity contribution is 5.79. The number of amides is 1. The van der Waals surface area contributed by atoms with Crippen molar-refractivity contribution in [3.05, 3.63) is 0 Å². The van der Waals surface area contributed by atoms with Crippen molar-refractivity contribution < 1.29 is 13.6 Å². The zero-order chi connectivity index (χ0) is 8.97. The molecule has 0 aromatic rings. The molecular formula is C8H13F2NO. The Balaban J connectivity index is 2.43. The highest BCUT2D eigenvalue weighted by atomic mass is 19.3. The van der Waals surface area contributed by atoms with E-state index in [4.69, 9.17) is 0 Å². The molecule has 0 N–H and O–H groups in total. The summed E-state index contributed by atoms with van der Waals surface area (Å²) in [5.41, 5.74) is 0. The molecule has 1 heterocycles. The van der Waals surface area contributed by atoms with E-state index in [1.165, 1.54) is 4.90 Å². The molecule has 70 valence electrons. The Bertz CT molecular complexity index is 153. The van der Waals surface area contributed by atoms with Gasteiger partial charge in [0.15, 0.2) is 0 Å². The van der Waals surface area contributed by atoms with Gasteiger partial charge in [-0.25, -0.2) is 0 Å². The molecule has 0 spiro atoms. The Hall–Kier alpha value is -0.670. The number of rotatable bonds is 1. The molecule has 0 saturated carbocycles. The fourth-order valence-corrected chi connectivity index (χ4v) is 1.43. The van der Waals surface area contributed by atoms with Crippen LogP contribution in [0.25, 0.3) is 0 Å². The number of halogens is 2. The van der Waals surface area contributed by atoms with E-state index < -0.39 is 12.3 Å². The van der Waals surface area contributed by atoms with Crippen LogP contribution in [-0.2, 0) is 4.79 Å². The Labute approximate surface area is 70.5 Å². The third-order valence-corrected chi connectivity index (χ3v) is 2.10. The molecule has 0 aliphatic carbocycles. The van der Waals surface area contributed by atoms with Gasteiger partial charge >= 0.3 is 6.43 Å². The monoisotopic (exact) mass is 177 g/mol. The maximum absolute atomic E-state index is 12.0. The average Bonchev–Trinajstić information content (AvgIpc) is 2.30. The van der Waals surface area contributed by atoms with Gasteiger partial charge in [-0.3, -0.25) is 4.79 Å². The second-order valence-electron chi connectivity index (χ2n) is 3.04. The van der Waals surface area contributed by atoms with Crippen LogP contribution in [0.2, 0.25) is 0 Å². The summed E-state index contributed by atoms with van der Waals surface area (Å²) in [5, 5.41) is 0. The number of nitrogens with zero attached hydrogens (tertiary/aromatic N) is 1. The second-order valence-corrected chi connectivity index (χ2v) is 3.04. The fourth-order valence-electron chi connectivity index (χ4n) is 1.43. The zero-order valence-electron chi connectivity index (χ0n) is 6.93. The van der Waals surface area contributed by atoms with Crippen molar-refractivity contribution in [2.45, 2.75) is 32.1 Å². The third kappa shape index (κ3) is 2.43. The van der Waals surface area contributed by atoms with Crippen molar-refractivity contribution in [3.8, 4) is 0 Å². The molecule has 1 amide bonds. The topological polar surface area (TPSA) is 20.3 Å². The normalized spacial score (nSPS) is 19.4. The lowest BCUT2D eigenvalue weighted by Gasteiger charge is -2.19. The van der Waals surface area contributed by atoms with Gasteiger partial charge in [0.1, 0.15) is 0 Å². The van der Waals surface area contributed by atoms with Gasteiger partial charge in [-0.15, -0.1) is 0 Å². The summed E-state index contributed by atoms with van der Waals surface area (Å²) >= 11 is 0. The van der Waals surface area contributed by atoms with E-state index in [-0.39, 0.29) is 0 Å². The molecule has 0 bridgehead atoms. The van der Waals surface area contributed by atoms with E-state index in [2.05, 4.69) is 0 Å². The summed E-state index contributed by atoms with van der Waals surface area (Å²) in [6, 6.07) is 0. The standard InChI is InChI=1S/C8H13F2NO/c9-7(10)8(12)11-5-3-1-2-4-6-11/h7H,1-6H2. The van der Waals surface area contributed by atoms with Gasteiger partial charge in [0.25, 0.3) is 5.91 Å². The highest BCUT2D eigenvalue weighted by Crippen LogP contribution is 2.11. The summed E-state index contributed by atoms with van der Waals surface area (Å²) in [7, 11) is 0. The van der Waals surface area contributed by atoms with Gasteiger partial charge < -0.3 is 4.90 Å². The summed E-state index contributed by atoms with van der Waals surface area (Å²) in [4.78, 5) is 12.1. The van der Waals surface area contributed by atoms with E-state index in [9.17, 15) is 13.6 Å². The van der Waals surface area contributed by atoms with Crippen LogP contribution < -0.4 is 0 Å². The molecule has 1 fully saturated rings. The van der Waals surface area contributed by atoms with Crippen molar-refractivity contribution >= 4 is 5.91 Å². The Morgan fingerprint density at radius 2 is 1.58 bits per heavy atom. The summed E-state index contributed by atoms with van der Waals surface area (Å²) in [5.74, 6) is -1.00. The van der Waals surface area contributed by atoms with Crippen LogP contribution in [-0.4, -0.2) is 30.3 Å². The molecule has 1 rings (SSSR count). The minimum Gasteiger partial charge on any atom is -0.338 e. The molecule has 12 heavy (non-hydrogen) atoms. The maximum atomic E-state index is 12.0. The molecule has 0 unspecified atom stereocenters. The smallest absolute Gasteiger partial charge is 0.315 e. The Morgan fingerprint density at radius 3 is 2.00 bits per heavy atom. The molecule has 1 saturated heterocycles. The first-order valence-corrected chi connectivity index (χ1v) is 4.29. The van der Waals surface area contributed by atoms with E-state index >= 15 is 0 Å². The molecule has 4 heteroatoms. The third-order valence-electron chi connectivity index (χ3n) is 2.10. The lowest BCUT2D eigenvalue weighted by Crippen LogP contribution is -2.36. The first kappa shape index (κ1) is 9.42. The number of alkyl halides is 2. The van der Waals surface area contributed by atoms with E-state index in [1.807, 2.05) is 0 Å². The number of hydrogen-bond donors (Lipinski definition) is 0. The highest BCUT2D eigenvalue weighted by Gasteiger charge is 2.23. The summed E-state index contributed by atoms with van der Waals surface area (Å²) < 4.78 is 23.9. The van der Waals surface area contributed by atoms with Crippen LogP contribution >= 0.6 is 0 Å². The Morgan fingerprint density at radius 1 is 1.08 bits per heavy atom. The van der Waals surface area contributed by atoms with Gasteiger partial charge in [-0.05, 0) is 12.8 Å². The minimum atomic E-state index is -2.83. The first-order valence-electron chi connectivity index (χ1n) is 4.29. The molecular weight excluding hydrogens is 164 g/mol. The molecule has 0 radical (unpaired) electrons. The van der Waals surface area contributed by atoms with Crippen LogP contribution in [0.3, 0.4) is 0 Å². The fraction of sp³-hybridized carbons (Fsp3) is 0.875. The average molecular weight is 177 g/mol. The van der Waals surface area contributed by atoms with Crippen molar-refractivity contribution in [3.63, 3.8) is 0 Å². The van der Waals surface area contributed by atoms with Crippen LogP contribution in [0, 0.1) is 0 Å². The second kappa shape index (κ2) is 4.38. The molecule has 0 aromatic carbocycles.